The van der Waals surface area contributed by atoms with Gasteiger partial charge >= 0.3 is 5.97 Å². The molecule has 0 radical (unpaired) electrons. The van der Waals surface area contributed by atoms with E-state index in [1.807, 2.05) is 18.2 Å². The molecule has 1 aromatic carbocycles. The van der Waals surface area contributed by atoms with Gasteiger partial charge in [0.15, 0.2) is 0 Å². The zero-order chi connectivity index (χ0) is 10.8. The van der Waals surface area contributed by atoms with Gasteiger partial charge in [0.1, 0.15) is 5.75 Å². The summed E-state index contributed by atoms with van der Waals surface area (Å²) in [6, 6.07) is 8.98. The lowest BCUT2D eigenvalue weighted by atomic mass is 10.3. The van der Waals surface area contributed by atoms with Crippen LogP contribution in [0.4, 0.5) is 0 Å². The molecule has 4 heteroatoms. The summed E-state index contributed by atoms with van der Waals surface area (Å²) >= 11 is 0. The van der Waals surface area contributed by atoms with Crippen LogP contribution < -0.4 is 4.74 Å². The number of benzene rings is 1. The average molecular weight is 230 g/mol. The van der Waals surface area contributed by atoms with Gasteiger partial charge in [0.05, 0.1) is 0 Å². The van der Waals surface area contributed by atoms with Crippen molar-refractivity contribution in [2.45, 2.75) is 6.92 Å². The average Bonchev–Trinajstić information content (AvgIpc) is 2.19. The second-order valence-corrected chi connectivity index (χ2v) is 4.91. The van der Waals surface area contributed by atoms with E-state index in [4.69, 9.17) is 4.74 Å². The molecule has 2 nitrogen and oxygen atoms in total. The largest absolute Gasteiger partial charge is 0.427 e. The minimum Gasteiger partial charge on any atom is -0.427 e. The van der Waals surface area contributed by atoms with Gasteiger partial charge in [-0.15, -0.1) is 0 Å². The number of carbonyl (C=O) groups excluding carboxylic acids is 1. The van der Waals surface area contributed by atoms with Crippen LogP contribution in [0.2, 0.25) is 0 Å². The van der Waals surface area contributed by atoms with E-state index in [-0.39, 0.29) is 5.97 Å². The first kappa shape index (κ1) is 13.4. The summed E-state index contributed by atoms with van der Waals surface area (Å²) in [5.41, 5.74) is 0. The van der Waals surface area contributed by atoms with Crippen molar-refractivity contribution in [1.29, 1.82) is 0 Å². The molecule has 0 aliphatic rings. The molecular formula is C10H14O2S2. The molecular weight excluding hydrogens is 216 g/mol. The topological polar surface area (TPSA) is 26.3 Å². The molecule has 0 atom stereocenters. The van der Waals surface area contributed by atoms with Crippen molar-refractivity contribution in [2.75, 3.05) is 12.5 Å². The predicted molar refractivity (Wildman–Crippen MR) is 64.8 cm³/mol. The van der Waals surface area contributed by atoms with Crippen molar-refractivity contribution < 1.29 is 9.53 Å². The molecule has 0 aromatic heterocycles. The smallest absolute Gasteiger partial charge is 0.308 e. The van der Waals surface area contributed by atoms with Crippen LogP contribution in [-0.4, -0.2) is 18.5 Å². The molecule has 0 unspecified atom stereocenters. The third-order valence-corrected chi connectivity index (χ3v) is 2.50. The fourth-order valence-corrected chi connectivity index (χ4v) is 0.655. The molecule has 14 heavy (non-hydrogen) atoms. The second kappa shape index (κ2) is 8.97. The number of esters is 1. The lowest BCUT2D eigenvalue weighted by Crippen LogP contribution is -2.00. The summed E-state index contributed by atoms with van der Waals surface area (Å²) in [6.45, 7) is 1.38. The minimum atomic E-state index is -0.286. The fraction of sp³-hybridized carbons (Fsp3) is 0.300. The first-order valence-electron chi connectivity index (χ1n) is 4.01. The van der Waals surface area contributed by atoms with Crippen LogP contribution in [-0.2, 0) is 4.79 Å². The van der Waals surface area contributed by atoms with Gasteiger partial charge in [-0.05, 0) is 24.6 Å². The Kier molecular flexibility index (Phi) is 8.57. The first-order chi connectivity index (χ1) is 6.70. The zero-order valence-corrected chi connectivity index (χ0v) is 10.2. The van der Waals surface area contributed by atoms with Gasteiger partial charge in [0.2, 0.25) is 0 Å². The standard InChI is InChI=1S/C8H8O2.C2H6S2/c1-7(9)10-8-5-3-2-4-6-8;1-3-4-2/h2-6H,1H3;1-2H3. The van der Waals surface area contributed by atoms with Crippen LogP contribution in [0.5, 0.6) is 5.75 Å². The quantitative estimate of drug-likeness (QED) is 0.442. The molecule has 0 N–H and O–H groups in total. The lowest BCUT2D eigenvalue weighted by Gasteiger charge is -1.97. The van der Waals surface area contributed by atoms with Crippen molar-refractivity contribution in [3.63, 3.8) is 0 Å². The van der Waals surface area contributed by atoms with Gasteiger partial charge in [-0.2, -0.15) is 0 Å². The van der Waals surface area contributed by atoms with E-state index in [2.05, 4.69) is 12.5 Å². The van der Waals surface area contributed by atoms with Crippen LogP contribution >= 0.6 is 21.6 Å². The van der Waals surface area contributed by atoms with E-state index >= 15 is 0 Å². The summed E-state index contributed by atoms with van der Waals surface area (Å²) in [7, 11) is 3.55. The molecule has 0 saturated carbocycles. The summed E-state index contributed by atoms with van der Waals surface area (Å²) in [5.74, 6) is 0.307. The molecule has 0 aliphatic carbocycles. The Morgan fingerprint density at radius 3 is 2.00 bits per heavy atom. The van der Waals surface area contributed by atoms with Crippen molar-refractivity contribution >= 4 is 27.6 Å². The third-order valence-electron chi connectivity index (χ3n) is 1.17. The number of hydrogen-bond acceptors (Lipinski definition) is 4. The van der Waals surface area contributed by atoms with E-state index in [9.17, 15) is 4.79 Å². The van der Waals surface area contributed by atoms with Gasteiger partial charge in [-0.3, -0.25) is 4.79 Å². The van der Waals surface area contributed by atoms with Gasteiger partial charge in [-0.1, -0.05) is 39.8 Å². The molecule has 1 rings (SSSR count). The van der Waals surface area contributed by atoms with Gasteiger partial charge < -0.3 is 4.74 Å². The van der Waals surface area contributed by atoms with Crippen molar-refractivity contribution in [3.05, 3.63) is 30.3 Å². The molecule has 0 heterocycles. The number of para-hydroxylation sites is 1. The molecule has 0 saturated heterocycles. The maximum atomic E-state index is 10.4. The summed E-state index contributed by atoms with van der Waals surface area (Å²) in [4.78, 5) is 10.4. The molecule has 0 spiro atoms. The van der Waals surface area contributed by atoms with Gasteiger partial charge in [0.25, 0.3) is 0 Å². The molecule has 78 valence electrons. The van der Waals surface area contributed by atoms with E-state index in [0.717, 1.165) is 0 Å². The van der Waals surface area contributed by atoms with E-state index in [1.54, 1.807) is 33.7 Å². The monoisotopic (exact) mass is 230 g/mol. The molecule has 0 amide bonds. The Bertz CT molecular complexity index is 248. The highest BCUT2D eigenvalue weighted by atomic mass is 33.1. The van der Waals surface area contributed by atoms with Crippen molar-refractivity contribution in [1.82, 2.24) is 0 Å². The van der Waals surface area contributed by atoms with E-state index < -0.39 is 0 Å². The normalized spacial score (nSPS) is 8.50. The molecule has 0 bridgehead atoms. The second-order valence-electron chi connectivity index (χ2n) is 2.24. The Morgan fingerprint density at radius 2 is 1.64 bits per heavy atom. The highest BCUT2D eigenvalue weighted by molar-refractivity contribution is 8.76. The Morgan fingerprint density at radius 1 is 1.14 bits per heavy atom. The zero-order valence-electron chi connectivity index (χ0n) is 8.52. The number of rotatable bonds is 2. The Hall–Kier alpha value is -0.610. The molecule has 0 fully saturated rings. The maximum Gasteiger partial charge on any atom is 0.308 e. The highest BCUT2D eigenvalue weighted by Crippen LogP contribution is 2.09. The predicted octanol–water partition coefficient (Wildman–Crippen LogP) is 3.24. The summed E-state index contributed by atoms with van der Waals surface area (Å²) in [5, 5.41) is 0. The fourth-order valence-electron chi connectivity index (χ4n) is 0.655. The number of carbonyl (C=O) groups is 1. The van der Waals surface area contributed by atoms with Gasteiger partial charge in [-0.25, -0.2) is 0 Å². The van der Waals surface area contributed by atoms with Crippen molar-refractivity contribution in [3.8, 4) is 5.75 Å². The van der Waals surface area contributed by atoms with Crippen LogP contribution in [0.1, 0.15) is 6.92 Å². The van der Waals surface area contributed by atoms with E-state index in [1.165, 1.54) is 6.92 Å². The molecule has 1 aromatic rings. The minimum absolute atomic E-state index is 0.286. The summed E-state index contributed by atoms with van der Waals surface area (Å²) < 4.78 is 4.78. The van der Waals surface area contributed by atoms with Crippen molar-refractivity contribution in [2.24, 2.45) is 0 Å². The summed E-state index contributed by atoms with van der Waals surface area (Å²) in [6.07, 6.45) is 4.12. The van der Waals surface area contributed by atoms with E-state index in [0.29, 0.717) is 5.75 Å². The van der Waals surface area contributed by atoms with Gasteiger partial charge in [0, 0.05) is 6.92 Å². The maximum absolute atomic E-state index is 10.4. The third kappa shape index (κ3) is 8.01. The van der Waals surface area contributed by atoms with Crippen LogP contribution in [0.3, 0.4) is 0 Å². The Balaban J connectivity index is 0.000000364. The molecule has 0 aliphatic heterocycles. The lowest BCUT2D eigenvalue weighted by molar-refractivity contribution is -0.131. The SMILES string of the molecule is CC(=O)Oc1ccccc1.CSSC. The number of ether oxygens (including phenoxy) is 1. The number of hydrogen-bond donors (Lipinski definition) is 0. The first-order valence-corrected chi connectivity index (χ1v) is 6.97. The van der Waals surface area contributed by atoms with Crippen LogP contribution in [0.15, 0.2) is 30.3 Å². The van der Waals surface area contributed by atoms with Crippen LogP contribution in [0.25, 0.3) is 0 Å². The Labute approximate surface area is 92.8 Å². The highest BCUT2D eigenvalue weighted by Gasteiger charge is 1.92. The van der Waals surface area contributed by atoms with Crippen LogP contribution in [0, 0.1) is 0 Å².